The summed E-state index contributed by atoms with van der Waals surface area (Å²) in [4.78, 5) is 22.6. The van der Waals surface area contributed by atoms with Gasteiger partial charge in [-0.2, -0.15) is 0 Å². The number of benzene rings is 2. The van der Waals surface area contributed by atoms with Gasteiger partial charge in [0.15, 0.2) is 5.11 Å². The molecule has 0 aliphatic carbocycles. The molecule has 2 aliphatic rings. The molecule has 184 valence electrons. The zero-order valence-corrected chi connectivity index (χ0v) is 21.4. The molecule has 0 bridgehead atoms. The molecule has 5 rings (SSSR count). The molecule has 0 saturated carbocycles. The molecule has 35 heavy (non-hydrogen) atoms. The number of thiocarbonyl (C=S) groups is 1. The number of hydrogen-bond donors (Lipinski definition) is 2. The van der Waals surface area contributed by atoms with Crippen molar-refractivity contribution in [2.45, 2.75) is 32.2 Å². The van der Waals surface area contributed by atoms with E-state index >= 15 is 0 Å². The van der Waals surface area contributed by atoms with Crippen LogP contribution in [0.1, 0.15) is 25.1 Å². The van der Waals surface area contributed by atoms with Crippen LogP contribution in [0.3, 0.4) is 0 Å². The first kappa shape index (κ1) is 24.0. The Labute approximate surface area is 216 Å². The van der Waals surface area contributed by atoms with E-state index in [0.29, 0.717) is 10.5 Å². The average Bonchev–Trinajstić information content (AvgIpc) is 3.11. The van der Waals surface area contributed by atoms with E-state index in [0.717, 1.165) is 93.5 Å². The van der Waals surface area contributed by atoms with Crippen LogP contribution in [0.4, 0.5) is 11.4 Å². The second-order valence-electron chi connectivity index (χ2n) is 9.22. The number of nitrogens with one attached hydrogen (secondary N) is 2. The van der Waals surface area contributed by atoms with Crippen molar-refractivity contribution in [1.29, 1.82) is 0 Å². The van der Waals surface area contributed by atoms with Gasteiger partial charge in [0.25, 0.3) is 5.56 Å². The van der Waals surface area contributed by atoms with Crippen LogP contribution in [-0.4, -0.2) is 58.8 Å². The van der Waals surface area contributed by atoms with E-state index < -0.39 is 0 Å². The van der Waals surface area contributed by atoms with Gasteiger partial charge in [-0.3, -0.25) is 14.3 Å². The van der Waals surface area contributed by atoms with Gasteiger partial charge in [0, 0.05) is 68.6 Å². The predicted octanol–water partition coefficient (Wildman–Crippen LogP) is 3.88. The van der Waals surface area contributed by atoms with Crippen molar-refractivity contribution in [2.75, 3.05) is 49.5 Å². The molecule has 1 saturated heterocycles. The molecular weight excluding hydrogens is 480 g/mol. The topological polar surface area (TPSA) is 65.4 Å². The van der Waals surface area contributed by atoms with E-state index in [2.05, 4.69) is 26.5 Å². The molecule has 9 heteroatoms. The van der Waals surface area contributed by atoms with Gasteiger partial charge in [0.2, 0.25) is 0 Å². The van der Waals surface area contributed by atoms with Crippen LogP contribution in [0, 0.1) is 0 Å². The fourth-order valence-electron chi connectivity index (χ4n) is 4.90. The van der Waals surface area contributed by atoms with E-state index in [1.165, 1.54) is 5.69 Å². The van der Waals surface area contributed by atoms with Gasteiger partial charge in [-0.05, 0) is 61.5 Å². The first-order valence-electron chi connectivity index (χ1n) is 12.4. The van der Waals surface area contributed by atoms with Gasteiger partial charge in [0.1, 0.15) is 5.82 Å². The van der Waals surface area contributed by atoms with Gasteiger partial charge in [-0.25, -0.2) is 4.98 Å². The zero-order chi connectivity index (χ0) is 24.2. The molecule has 1 aromatic heterocycles. The molecule has 3 aromatic rings. The lowest BCUT2D eigenvalue weighted by molar-refractivity contribution is 0.262. The lowest BCUT2D eigenvalue weighted by Crippen LogP contribution is -2.48. The van der Waals surface area contributed by atoms with Crippen molar-refractivity contribution >= 4 is 51.2 Å². The number of rotatable bonds is 5. The maximum atomic E-state index is 13.1. The fraction of sp³-hybridized carbons (Fsp3) is 0.423. The normalized spacial score (nSPS) is 16.5. The van der Waals surface area contributed by atoms with E-state index in [4.69, 9.17) is 28.8 Å². The predicted molar refractivity (Wildman–Crippen MR) is 148 cm³/mol. The molecule has 2 aliphatic heterocycles. The number of fused-ring (bicyclic) bond motifs is 2. The van der Waals surface area contributed by atoms with Crippen LogP contribution in [0.25, 0.3) is 10.9 Å². The summed E-state index contributed by atoms with van der Waals surface area (Å²) >= 11 is 11.6. The highest BCUT2D eigenvalue weighted by molar-refractivity contribution is 7.80. The molecule has 0 atom stereocenters. The highest BCUT2D eigenvalue weighted by atomic mass is 35.5. The molecule has 1 fully saturated rings. The number of piperazine rings is 1. The third kappa shape index (κ3) is 5.77. The zero-order valence-electron chi connectivity index (χ0n) is 19.8. The first-order valence-corrected chi connectivity index (χ1v) is 13.2. The van der Waals surface area contributed by atoms with Crippen LogP contribution < -0.4 is 21.1 Å². The van der Waals surface area contributed by atoms with Gasteiger partial charge in [-0.1, -0.05) is 24.1 Å². The summed E-state index contributed by atoms with van der Waals surface area (Å²) in [6, 6.07) is 13.8. The molecule has 2 N–H and O–H groups in total. The summed E-state index contributed by atoms with van der Waals surface area (Å²) in [5.74, 6) is 0.909. The second-order valence-corrected chi connectivity index (χ2v) is 10.1. The maximum absolute atomic E-state index is 13.1. The Bertz CT molecular complexity index is 1270. The van der Waals surface area contributed by atoms with E-state index in [1.807, 2.05) is 41.0 Å². The smallest absolute Gasteiger partial charge is 0.261 e. The van der Waals surface area contributed by atoms with Crippen molar-refractivity contribution in [2.24, 2.45) is 0 Å². The van der Waals surface area contributed by atoms with Crippen LogP contribution in [0.15, 0.2) is 47.3 Å². The fourth-order valence-corrected chi connectivity index (χ4v) is 5.31. The second kappa shape index (κ2) is 10.9. The molecule has 0 radical (unpaired) electrons. The van der Waals surface area contributed by atoms with Gasteiger partial charge < -0.3 is 15.5 Å². The Morgan fingerprint density at radius 2 is 1.89 bits per heavy atom. The molecule has 7 nitrogen and oxygen atoms in total. The number of anilines is 2. The Kier molecular flexibility index (Phi) is 7.51. The van der Waals surface area contributed by atoms with Crippen LogP contribution >= 0.6 is 23.8 Å². The van der Waals surface area contributed by atoms with Gasteiger partial charge in [-0.15, -0.1) is 0 Å². The van der Waals surface area contributed by atoms with Crippen molar-refractivity contribution in [3.63, 3.8) is 0 Å². The monoisotopic (exact) mass is 510 g/mol. The lowest BCUT2D eigenvalue weighted by Gasteiger charge is -2.36. The minimum absolute atomic E-state index is 0.0475. The number of nitrogens with zero attached hydrogens (tertiary/aromatic N) is 4. The standard InChI is InChI=1S/C26H31ClN6OS/c27-19-5-4-6-21(17-19)32-15-13-31(14-16-32)12-10-28-26(35)29-20-8-9-23-22(18-20)25(34)33-11-3-1-2-7-24(33)30-23/h4-6,8-9,17-18H,1-3,7,10-16H2,(H2,28,29,35). The van der Waals surface area contributed by atoms with Gasteiger partial charge in [0.05, 0.1) is 10.9 Å². The van der Waals surface area contributed by atoms with E-state index in [9.17, 15) is 4.79 Å². The molecular formula is C26H31ClN6OS. The third-order valence-electron chi connectivity index (χ3n) is 6.83. The van der Waals surface area contributed by atoms with Crippen LogP contribution in [-0.2, 0) is 13.0 Å². The molecule has 0 amide bonds. The third-order valence-corrected chi connectivity index (χ3v) is 7.31. The minimum Gasteiger partial charge on any atom is -0.369 e. The Morgan fingerprint density at radius 3 is 2.71 bits per heavy atom. The summed E-state index contributed by atoms with van der Waals surface area (Å²) in [7, 11) is 0. The summed E-state index contributed by atoms with van der Waals surface area (Å²) in [5, 5.41) is 8.50. The van der Waals surface area contributed by atoms with Crippen molar-refractivity contribution in [1.82, 2.24) is 19.8 Å². The summed E-state index contributed by atoms with van der Waals surface area (Å²) in [6.07, 6.45) is 4.13. The first-order chi connectivity index (χ1) is 17.1. The SMILES string of the molecule is O=c1c2cc(NC(=S)NCCN3CCN(c4cccc(Cl)c4)CC3)ccc2nc2n1CCCCC2. The van der Waals surface area contributed by atoms with Crippen molar-refractivity contribution in [3.05, 3.63) is 63.7 Å². The summed E-state index contributed by atoms with van der Waals surface area (Å²) in [6.45, 7) is 6.39. The number of aryl methyl sites for hydroxylation is 1. The molecule has 0 unspecified atom stereocenters. The Morgan fingerprint density at radius 1 is 1.03 bits per heavy atom. The number of aromatic nitrogens is 2. The summed E-state index contributed by atoms with van der Waals surface area (Å²) in [5.41, 5.74) is 2.79. The van der Waals surface area contributed by atoms with Gasteiger partial charge >= 0.3 is 0 Å². The maximum Gasteiger partial charge on any atom is 0.261 e. The quantitative estimate of drug-likeness (QED) is 0.505. The van der Waals surface area contributed by atoms with E-state index in [1.54, 1.807) is 0 Å². The summed E-state index contributed by atoms with van der Waals surface area (Å²) < 4.78 is 1.85. The Balaban J connectivity index is 1.12. The molecule has 0 spiro atoms. The van der Waals surface area contributed by atoms with E-state index in [-0.39, 0.29) is 5.56 Å². The lowest BCUT2D eigenvalue weighted by atomic mass is 10.2. The van der Waals surface area contributed by atoms with Crippen molar-refractivity contribution in [3.8, 4) is 0 Å². The highest BCUT2D eigenvalue weighted by Gasteiger charge is 2.17. The van der Waals surface area contributed by atoms with Crippen LogP contribution in [0.2, 0.25) is 5.02 Å². The largest absolute Gasteiger partial charge is 0.369 e. The minimum atomic E-state index is 0.0475. The average molecular weight is 511 g/mol. The van der Waals surface area contributed by atoms with Crippen molar-refractivity contribution < 1.29 is 0 Å². The number of hydrogen-bond acceptors (Lipinski definition) is 5. The molecule has 3 heterocycles. The highest BCUT2D eigenvalue weighted by Crippen LogP contribution is 2.21. The number of halogens is 1. The van der Waals surface area contributed by atoms with Crippen LogP contribution in [0.5, 0.6) is 0 Å². The molecule has 2 aromatic carbocycles. The Hall–Kier alpha value is -2.68.